The van der Waals surface area contributed by atoms with Gasteiger partial charge in [0.15, 0.2) is 5.58 Å². The number of halogens is 2. The highest BCUT2D eigenvalue weighted by Crippen LogP contribution is 2.33. The number of benzene rings is 2. The minimum Gasteiger partial charge on any atom is -0.436 e. The molecule has 0 bridgehead atoms. The lowest BCUT2D eigenvalue weighted by Crippen LogP contribution is -1.87. The van der Waals surface area contributed by atoms with E-state index >= 15 is 0 Å². The quantitative estimate of drug-likeness (QED) is 0.692. The molecule has 0 fully saturated rings. The summed E-state index contributed by atoms with van der Waals surface area (Å²) in [7, 11) is 0. The molecule has 2 aromatic carbocycles. The first-order chi connectivity index (χ1) is 8.66. The Hall–Kier alpha value is -1.88. The molecular formula is C13H8BrFN2O. The zero-order valence-electron chi connectivity index (χ0n) is 9.15. The standard InChI is InChI=1S/C13H8BrFN2O/c14-7-3-1-4-8(15)11(7)13-17-12-9(16)5-2-6-10(12)18-13/h1-6H,16H2. The molecular weight excluding hydrogens is 299 g/mol. The Morgan fingerprint density at radius 3 is 2.67 bits per heavy atom. The van der Waals surface area contributed by atoms with Crippen molar-refractivity contribution in [3.05, 3.63) is 46.7 Å². The molecule has 0 radical (unpaired) electrons. The molecule has 3 nitrogen and oxygen atoms in total. The van der Waals surface area contributed by atoms with Gasteiger partial charge in [0.05, 0.1) is 11.3 Å². The SMILES string of the molecule is Nc1cccc2oc(-c3c(F)cccc3Br)nc12. The molecule has 1 heterocycles. The summed E-state index contributed by atoms with van der Waals surface area (Å²) >= 11 is 3.29. The summed E-state index contributed by atoms with van der Waals surface area (Å²) < 4.78 is 19.9. The van der Waals surface area contributed by atoms with Gasteiger partial charge in [0.1, 0.15) is 11.3 Å². The molecule has 1 aromatic heterocycles. The van der Waals surface area contributed by atoms with Crippen molar-refractivity contribution >= 4 is 32.7 Å². The minimum absolute atomic E-state index is 0.216. The monoisotopic (exact) mass is 306 g/mol. The van der Waals surface area contributed by atoms with E-state index in [0.29, 0.717) is 26.8 Å². The number of hydrogen-bond donors (Lipinski definition) is 1. The first-order valence-corrected chi connectivity index (χ1v) is 6.05. The lowest BCUT2D eigenvalue weighted by Gasteiger charge is -2.00. The number of nitrogens with zero attached hydrogens (tertiary/aromatic N) is 1. The third kappa shape index (κ3) is 1.67. The first kappa shape index (κ1) is 11.2. The van der Waals surface area contributed by atoms with E-state index in [1.165, 1.54) is 6.07 Å². The normalized spacial score (nSPS) is 11.0. The summed E-state index contributed by atoms with van der Waals surface area (Å²) in [5.41, 5.74) is 7.69. The van der Waals surface area contributed by atoms with Crippen LogP contribution < -0.4 is 5.73 Å². The number of hydrogen-bond acceptors (Lipinski definition) is 3. The Balaban J connectivity index is 2.30. The molecule has 0 aliphatic rings. The lowest BCUT2D eigenvalue weighted by molar-refractivity contribution is 0.592. The van der Waals surface area contributed by atoms with Crippen LogP contribution in [0.3, 0.4) is 0 Å². The van der Waals surface area contributed by atoms with E-state index in [1.807, 2.05) is 0 Å². The zero-order valence-corrected chi connectivity index (χ0v) is 10.7. The summed E-state index contributed by atoms with van der Waals surface area (Å²) in [4.78, 5) is 4.24. The van der Waals surface area contributed by atoms with Gasteiger partial charge in [0.2, 0.25) is 5.89 Å². The van der Waals surface area contributed by atoms with Gasteiger partial charge >= 0.3 is 0 Å². The fourth-order valence-corrected chi connectivity index (χ4v) is 2.29. The molecule has 0 aliphatic carbocycles. The molecule has 0 spiro atoms. The van der Waals surface area contributed by atoms with Crippen molar-refractivity contribution in [2.75, 3.05) is 5.73 Å². The predicted octanol–water partition coefficient (Wildman–Crippen LogP) is 3.98. The van der Waals surface area contributed by atoms with Crippen molar-refractivity contribution < 1.29 is 8.81 Å². The number of nitrogens with two attached hydrogens (primary N) is 1. The van der Waals surface area contributed by atoms with Crippen molar-refractivity contribution in [1.82, 2.24) is 4.98 Å². The summed E-state index contributed by atoms with van der Waals surface area (Å²) in [6.07, 6.45) is 0. The second-order valence-electron chi connectivity index (χ2n) is 3.81. The van der Waals surface area contributed by atoms with E-state index in [9.17, 15) is 4.39 Å². The Morgan fingerprint density at radius 1 is 1.17 bits per heavy atom. The zero-order chi connectivity index (χ0) is 12.7. The van der Waals surface area contributed by atoms with E-state index in [0.717, 1.165) is 0 Å². The van der Waals surface area contributed by atoms with Gasteiger partial charge in [-0.25, -0.2) is 9.37 Å². The molecule has 18 heavy (non-hydrogen) atoms. The van der Waals surface area contributed by atoms with Crippen LogP contribution in [-0.2, 0) is 0 Å². The second kappa shape index (κ2) is 4.10. The third-order valence-corrected chi connectivity index (χ3v) is 3.29. The van der Waals surface area contributed by atoms with Gasteiger partial charge in [-0.2, -0.15) is 0 Å². The highest BCUT2D eigenvalue weighted by atomic mass is 79.9. The molecule has 3 rings (SSSR count). The molecule has 2 N–H and O–H groups in total. The maximum atomic E-state index is 13.8. The second-order valence-corrected chi connectivity index (χ2v) is 4.66. The number of rotatable bonds is 1. The third-order valence-electron chi connectivity index (χ3n) is 2.63. The number of nitrogen functional groups attached to an aromatic ring is 1. The van der Waals surface area contributed by atoms with Crippen LogP contribution >= 0.6 is 15.9 Å². The first-order valence-electron chi connectivity index (χ1n) is 5.26. The molecule has 90 valence electrons. The van der Waals surface area contributed by atoms with Gasteiger partial charge in [0.25, 0.3) is 0 Å². The van der Waals surface area contributed by atoms with Crippen LogP contribution in [0.15, 0.2) is 45.3 Å². The maximum absolute atomic E-state index is 13.8. The largest absolute Gasteiger partial charge is 0.436 e. The van der Waals surface area contributed by atoms with Gasteiger partial charge in [-0.15, -0.1) is 0 Å². The van der Waals surface area contributed by atoms with Crippen LogP contribution in [0.1, 0.15) is 0 Å². The number of aromatic nitrogens is 1. The average molecular weight is 307 g/mol. The Labute approximate surface area is 111 Å². The van der Waals surface area contributed by atoms with Crippen LogP contribution in [0.2, 0.25) is 0 Å². The van der Waals surface area contributed by atoms with Crippen molar-refractivity contribution in [2.24, 2.45) is 0 Å². The summed E-state index contributed by atoms with van der Waals surface area (Å²) in [6.45, 7) is 0. The van der Waals surface area contributed by atoms with Gasteiger partial charge in [0, 0.05) is 4.47 Å². The molecule has 0 saturated carbocycles. The number of oxazole rings is 1. The Morgan fingerprint density at radius 2 is 1.94 bits per heavy atom. The fourth-order valence-electron chi connectivity index (χ4n) is 1.78. The van der Waals surface area contributed by atoms with Gasteiger partial charge < -0.3 is 10.2 Å². The summed E-state index contributed by atoms with van der Waals surface area (Å²) in [6, 6.07) is 9.94. The molecule has 0 unspecified atom stereocenters. The number of fused-ring (bicyclic) bond motifs is 1. The average Bonchev–Trinajstić information content (AvgIpc) is 2.74. The van der Waals surface area contributed by atoms with Crippen molar-refractivity contribution in [1.29, 1.82) is 0 Å². The minimum atomic E-state index is -0.394. The Kier molecular flexibility index (Phi) is 2.56. The van der Waals surface area contributed by atoms with Crippen LogP contribution in [0.5, 0.6) is 0 Å². The van der Waals surface area contributed by atoms with Crippen molar-refractivity contribution in [3.8, 4) is 11.5 Å². The van der Waals surface area contributed by atoms with Crippen LogP contribution in [0, 0.1) is 5.82 Å². The molecule has 5 heteroatoms. The predicted molar refractivity (Wildman–Crippen MR) is 71.5 cm³/mol. The van der Waals surface area contributed by atoms with Crippen LogP contribution in [0.4, 0.5) is 10.1 Å². The molecule has 0 saturated heterocycles. The van der Waals surface area contributed by atoms with Crippen molar-refractivity contribution in [3.63, 3.8) is 0 Å². The highest BCUT2D eigenvalue weighted by Gasteiger charge is 2.16. The smallest absolute Gasteiger partial charge is 0.231 e. The van der Waals surface area contributed by atoms with E-state index in [4.69, 9.17) is 10.2 Å². The summed E-state index contributed by atoms with van der Waals surface area (Å²) in [5, 5.41) is 0. The van der Waals surface area contributed by atoms with Crippen molar-refractivity contribution in [2.45, 2.75) is 0 Å². The number of para-hydroxylation sites is 1. The van der Waals surface area contributed by atoms with E-state index < -0.39 is 5.82 Å². The van der Waals surface area contributed by atoms with Gasteiger partial charge in [-0.3, -0.25) is 0 Å². The lowest BCUT2D eigenvalue weighted by atomic mass is 10.2. The highest BCUT2D eigenvalue weighted by molar-refractivity contribution is 9.10. The van der Waals surface area contributed by atoms with E-state index in [1.54, 1.807) is 30.3 Å². The summed E-state index contributed by atoms with van der Waals surface area (Å²) in [5.74, 6) is -0.178. The van der Waals surface area contributed by atoms with Crippen LogP contribution in [0.25, 0.3) is 22.6 Å². The van der Waals surface area contributed by atoms with E-state index in [-0.39, 0.29) is 5.89 Å². The molecule has 0 aliphatic heterocycles. The van der Waals surface area contributed by atoms with Gasteiger partial charge in [-0.05, 0) is 40.2 Å². The van der Waals surface area contributed by atoms with E-state index in [2.05, 4.69) is 20.9 Å². The van der Waals surface area contributed by atoms with Gasteiger partial charge in [-0.1, -0.05) is 12.1 Å². The topological polar surface area (TPSA) is 52.0 Å². The molecule has 3 aromatic rings. The molecule has 0 amide bonds. The van der Waals surface area contributed by atoms with Crippen LogP contribution in [-0.4, -0.2) is 4.98 Å². The number of anilines is 1. The Bertz CT molecular complexity index is 719. The molecule has 0 atom stereocenters. The fraction of sp³-hybridized carbons (Fsp3) is 0. The maximum Gasteiger partial charge on any atom is 0.231 e.